The van der Waals surface area contributed by atoms with Gasteiger partial charge in [-0.05, 0) is 18.9 Å². The Labute approximate surface area is 78.5 Å². The second-order valence-electron chi connectivity index (χ2n) is 2.90. The maximum Gasteiger partial charge on any atom is 0.210 e. The minimum absolute atomic E-state index is 0.0292. The van der Waals surface area contributed by atoms with Gasteiger partial charge in [0, 0.05) is 6.54 Å². The number of hydrogen-bond donors (Lipinski definition) is 1. The van der Waals surface area contributed by atoms with E-state index in [1.165, 1.54) is 0 Å². The molecule has 0 unspecified atom stereocenters. The third-order valence-corrected chi connectivity index (χ3v) is 1.78. The monoisotopic (exact) mass is 181 g/mol. The van der Waals surface area contributed by atoms with Crippen LogP contribution in [0.5, 0.6) is 0 Å². The molecule has 1 aliphatic rings. The molecule has 0 aliphatic carbocycles. The number of hydrogen-bond acceptors (Lipinski definition) is 3. The first-order valence-corrected chi connectivity index (χ1v) is 4.52. The maximum atomic E-state index is 11.4. The zero-order valence-corrected chi connectivity index (χ0v) is 7.71. The summed E-state index contributed by atoms with van der Waals surface area (Å²) in [7, 11) is 0. The summed E-state index contributed by atoms with van der Waals surface area (Å²) < 4.78 is 5.22. The molecule has 3 heteroatoms. The molecule has 0 spiro atoms. The highest BCUT2D eigenvalue weighted by molar-refractivity contribution is 5.95. The SMILES string of the molecule is C=CCNCC(=O)C1=CCCCO1. The first kappa shape index (κ1) is 9.99. The Kier molecular flexibility index (Phi) is 4.26. The van der Waals surface area contributed by atoms with Crippen LogP contribution in [0, 0.1) is 0 Å². The van der Waals surface area contributed by atoms with E-state index in [4.69, 9.17) is 4.74 Å². The van der Waals surface area contributed by atoms with E-state index in [9.17, 15) is 4.79 Å². The number of allylic oxidation sites excluding steroid dienone is 1. The molecule has 0 aromatic rings. The Balaban J connectivity index is 2.29. The van der Waals surface area contributed by atoms with E-state index in [2.05, 4.69) is 11.9 Å². The Morgan fingerprint density at radius 2 is 2.62 bits per heavy atom. The van der Waals surface area contributed by atoms with E-state index in [1.807, 2.05) is 6.08 Å². The molecule has 0 aromatic heterocycles. The lowest BCUT2D eigenvalue weighted by molar-refractivity contribution is -0.118. The molecule has 0 fully saturated rings. The van der Waals surface area contributed by atoms with Crippen LogP contribution in [0.1, 0.15) is 12.8 Å². The highest BCUT2D eigenvalue weighted by Gasteiger charge is 2.12. The normalized spacial score (nSPS) is 15.8. The van der Waals surface area contributed by atoms with Crippen molar-refractivity contribution in [3.8, 4) is 0 Å². The van der Waals surface area contributed by atoms with Gasteiger partial charge in [-0.1, -0.05) is 6.08 Å². The third-order valence-electron chi connectivity index (χ3n) is 1.78. The van der Waals surface area contributed by atoms with Gasteiger partial charge in [0.15, 0.2) is 5.76 Å². The molecule has 3 nitrogen and oxygen atoms in total. The van der Waals surface area contributed by atoms with Gasteiger partial charge >= 0.3 is 0 Å². The second kappa shape index (κ2) is 5.54. The van der Waals surface area contributed by atoms with Gasteiger partial charge in [-0.2, -0.15) is 0 Å². The summed E-state index contributed by atoms with van der Waals surface area (Å²) >= 11 is 0. The smallest absolute Gasteiger partial charge is 0.210 e. The van der Waals surface area contributed by atoms with Gasteiger partial charge in [-0.3, -0.25) is 4.79 Å². The van der Waals surface area contributed by atoms with Crippen molar-refractivity contribution in [1.82, 2.24) is 5.32 Å². The minimum Gasteiger partial charge on any atom is -0.490 e. The molecule has 0 atom stereocenters. The van der Waals surface area contributed by atoms with Crippen molar-refractivity contribution >= 4 is 5.78 Å². The topological polar surface area (TPSA) is 38.3 Å². The highest BCUT2D eigenvalue weighted by atomic mass is 16.5. The lowest BCUT2D eigenvalue weighted by Gasteiger charge is -2.13. The molecule has 0 saturated carbocycles. The van der Waals surface area contributed by atoms with Crippen molar-refractivity contribution in [2.75, 3.05) is 19.7 Å². The quantitative estimate of drug-likeness (QED) is 0.508. The van der Waals surface area contributed by atoms with Crippen molar-refractivity contribution in [3.63, 3.8) is 0 Å². The molecule has 1 heterocycles. The third kappa shape index (κ3) is 3.42. The highest BCUT2D eigenvalue weighted by Crippen LogP contribution is 2.09. The van der Waals surface area contributed by atoms with Gasteiger partial charge in [0.1, 0.15) is 0 Å². The number of ether oxygens (including phenoxy) is 1. The number of nitrogens with one attached hydrogen (secondary N) is 1. The van der Waals surface area contributed by atoms with Gasteiger partial charge in [0.25, 0.3) is 0 Å². The summed E-state index contributed by atoms with van der Waals surface area (Å²) in [4.78, 5) is 11.4. The van der Waals surface area contributed by atoms with Crippen LogP contribution in [0.15, 0.2) is 24.5 Å². The Morgan fingerprint density at radius 3 is 3.23 bits per heavy atom. The summed E-state index contributed by atoms with van der Waals surface area (Å²) in [6.07, 6.45) is 5.55. The van der Waals surface area contributed by atoms with Gasteiger partial charge in [-0.15, -0.1) is 6.58 Å². The molecule has 0 bridgehead atoms. The lowest BCUT2D eigenvalue weighted by atomic mass is 10.2. The molecule has 72 valence electrons. The number of carbonyl (C=O) groups excluding carboxylic acids is 1. The first-order chi connectivity index (χ1) is 6.34. The molecule has 0 aromatic carbocycles. The zero-order chi connectivity index (χ0) is 9.52. The summed E-state index contributed by atoms with van der Waals surface area (Å²) in [5.74, 6) is 0.546. The predicted octanol–water partition coefficient (Wildman–Crippen LogP) is 1.03. The zero-order valence-electron chi connectivity index (χ0n) is 7.71. The van der Waals surface area contributed by atoms with E-state index < -0.39 is 0 Å². The maximum absolute atomic E-state index is 11.4. The molecule has 1 N–H and O–H groups in total. The summed E-state index contributed by atoms with van der Waals surface area (Å²) in [6, 6.07) is 0. The Morgan fingerprint density at radius 1 is 1.77 bits per heavy atom. The molecule has 0 saturated heterocycles. The second-order valence-corrected chi connectivity index (χ2v) is 2.90. The van der Waals surface area contributed by atoms with E-state index in [-0.39, 0.29) is 5.78 Å². The van der Waals surface area contributed by atoms with Crippen molar-refractivity contribution in [2.24, 2.45) is 0 Å². The Bertz CT molecular complexity index is 221. The standard InChI is InChI=1S/C10H15NO2/c1-2-6-11-8-9(12)10-5-3-4-7-13-10/h2,5,11H,1,3-4,6-8H2. The molecular weight excluding hydrogens is 166 g/mol. The van der Waals surface area contributed by atoms with Crippen molar-refractivity contribution < 1.29 is 9.53 Å². The number of carbonyl (C=O) groups is 1. The molecule has 13 heavy (non-hydrogen) atoms. The largest absolute Gasteiger partial charge is 0.490 e. The van der Waals surface area contributed by atoms with Crippen LogP contribution < -0.4 is 5.32 Å². The lowest BCUT2D eigenvalue weighted by Crippen LogP contribution is -2.25. The average molecular weight is 181 g/mol. The fraction of sp³-hybridized carbons (Fsp3) is 0.500. The van der Waals surface area contributed by atoms with Crippen LogP contribution in [0.4, 0.5) is 0 Å². The first-order valence-electron chi connectivity index (χ1n) is 4.52. The van der Waals surface area contributed by atoms with Crippen molar-refractivity contribution in [1.29, 1.82) is 0 Å². The van der Waals surface area contributed by atoms with E-state index in [0.717, 1.165) is 12.8 Å². The van der Waals surface area contributed by atoms with Crippen LogP contribution in [0.25, 0.3) is 0 Å². The number of rotatable bonds is 5. The molecule has 1 aliphatic heterocycles. The minimum atomic E-state index is 0.0292. The van der Waals surface area contributed by atoms with Gasteiger partial charge < -0.3 is 10.1 Å². The summed E-state index contributed by atoms with van der Waals surface area (Å²) in [5.41, 5.74) is 0. The molecular formula is C10H15NO2. The van der Waals surface area contributed by atoms with E-state index in [0.29, 0.717) is 25.5 Å². The molecule has 0 radical (unpaired) electrons. The van der Waals surface area contributed by atoms with Gasteiger partial charge in [0.2, 0.25) is 5.78 Å². The van der Waals surface area contributed by atoms with Crippen LogP contribution in [0.3, 0.4) is 0 Å². The number of ketones is 1. The van der Waals surface area contributed by atoms with Crippen LogP contribution >= 0.6 is 0 Å². The fourth-order valence-corrected chi connectivity index (χ4v) is 1.13. The van der Waals surface area contributed by atoms with Crippen molar-refractivity contribution in [2.45, 2.75) is 12.8 Å². The molecule has 1 rings (SSSR count). The van der Waals surface area contributed by atoms with E-state index >= 15 is 0 Å². The predicted molar refractivity (Wildman–Crippen MR) is 51.3 cm³/mol. The average Bonchev–Trinajstić information content (AvgIpc) is 2.19. The van der Waals surface area contributed by atoms with Crippen molar-refractivity contribution in [3.05, 3.63) is 24.5 Å². The number of Topliss-reactive ketones (excluding diaryl/α,β-unsaturated/α-hetero) is 1. The van der Waals surface area contributed by atoms with E-state index in [1.54, 1.807) is 6.08 Å². The van der Waals surface area contributed by atoms with Gasteiger partial charge in [-0.25, -0.2) is 0 Å². The van der Waals surface area contributed by atoms with Crippen LogP contribution in [-0.4, -0.2) is 25.5 Å². The van der Waals surface area contributed by atoms with Crippen LogP contribution in [0.2, 0.25) is 0 Å². The summed E-state index contributed by atoms with van der Waals surface area (Å²) in [6.45, 7) is 5.20. The fourth-order valence-electron chi connectivity index (χ4n) is 1.13. The van der Waals surface area contributed by atoms with Crippen LogP contribution in [-0.2, 0) is 9.53 Å². The molecule has 0 amide bonds. The Hall–Kier alpha value is -1.09. The summed E-state index contributed by atoms with van der Waals surface area (Å²) in [5, 5.41) is 2.94. The van der Waals surface area contributed by atoms with Gasteiger partial charge in [0.05, 0.1) is 13.2 Å².